The summed E-state index contributed by atoms with van der Waals surface area (Å²) in [4.78, 5) is 25.2. The Morgan fingerprint density at radius 2 is 2.00 bits per heavy atom. The normalized spacial score (nSPS) is 13.0. The van der Waals surface area contributed by atoms with E-state index in [1.165, 1.54) is 19.1 Å². The lowest BCUT2D eigenvalue weighted by molar-refractivity contribution is -0.137. The SMILES string of the molecule is C[C@@H](NC(=O)c1ccccc1C(F)(F)F)c1n[nH]c(=O)[nH]1. The number of H-pyrrole nitrogens is 2. The molecular formula is C12H11F3N4O2. The lowest BCUT2D eigenvalue weighted by atomic mass is 10.1. The van der Waals surface area contributed by atoms with E-state index in [-0.39, 0.29) is 5.82 Å². The number of nitrogens with one attached hydrogen (secondary N) is 3. The van der Waals surface area contributed by atoms with Crippen molar-refractivity contribution in [1.82, 2.24) is 20.5 Å². The van der Waals surface area contributed by atoms with Crippen LogP contribution in [-0.2, 0) is 6.18 Å². The molecule has 0 radical (unpaired) electrons. The van der Waals surface area contributed by atoms with Gasteiger partial charge >= 0.3 is 11.9 Å². The summed E-state index contributed by atoms with van der Waals surface area (Å²) in [6.45, 7) is 1.49. The molecule has 0 aliphatic heterocycles. The van der Waals surface area contributed by atoms with Crippen LogP contribution < -0.4 is 11.0 Å². The molecule has 3 N–H and O–H groups in total. The maximum absolute atomic E-state index is 12.8. The minimum atomic E-state index is -4.63. The Morgan fingerprint density at radius 3 is 2.57 bits per heavy atom. The molecule has 2 aromatic rings. The van der Waals surface area contributed by atoms with Crippen LogP contribution in [0.3, 0.4) is 0 Å². The number of benzene rings is 1. The lowest BCUT2D eigenvalue weighted by Gasteiger charge is -2.15. The number of halogens is 3. The van der Waals surface area contributed by atoms with E-state index in [1.807, 2.05) is 0 Å². The van der Waals surface area contributed by atoms with Gasteiger partial charge in [0.05, 0.1) is 17.2 Å². The first kappa shape index (κ1) is 14.8. The van der Waals surface area contributed by atoms with Crippen molar-refractivity contribution in [1.29, 1.82) is 0 Å². The summed E-state index contributed by atoms with van der Waals surface area (Å²) in [5.41, 5.74) is -2.08. The van der Waals surface area contributed by atoms with Gasteiger partial charge in [0, 0.05) is 0 Å². The first-order chi connectivity index (χ1) is 9.79. The van der Waals surface area contributed by atoms with Crippen LogP contribution in [-0.4, -0.2) is 21.1 Å². The van der Waals surface area contributed by atoms with Crippen molar-refractivity contribution in [2.24, 2.45) is 0 Å². The van der Waals surface area contributed by atoms with Gasteiger partial charge in [-0.2, -0.15) is 18.3 Å². The summed E-state index contributed by atoms with van der Waals surface area (Å²) < 4.78 is 38.5. The van der Waals surface area contributed by atoms with Crippen LogP contribution in [0, 0.1) is 0 Å². The van der Waals surface area contributed by atoms with Gasteiger partial charge in [-0.25, -0.2) is 9.89 Å². The monoisotopic (exact) mass is 300 g/mol. The molecule has 0 spiro atoms. The molecule has 2 rings (SSSR count). The van der Waals surface area contributed by atoms with Crippen molar-refractivity contribution < 1.29 is 18.0 Å². The van der Waals surface area contributed by atoms with Gasteiger partial charge in [-0.3, -0.25) is 9.78 Å². The molecule has 0 unspecified atom stereocenters. The predicted molar refractivity (Wildman–Crippen MR) is 66.5 cm³/mol. The minimum Gasteiger partial charge on any atom is -0.342 e. The minimum absolute atomic E-state index is 0.123. The number of hydrogen-bond acceptors (Lipinski definition) is 3. The van der Waals surface area contributed by atoms with E-state index in [0.29, 0.717) is 0 Å². The quantitative estimate of drug-likeness (QED) is 0.804. The van der Waals surface area contributed by atoms with E-state index >= 15 is 0 Å². The van der Waals surface area contributed by atoms with Crippen LogP contribution in [0.25, 0.3) is 0 Å². The maximum Gasteiger partial charge on any atom is 0.417 e. The van der Waals surface area contributed by atoms with Crippen molar-refractivity contribution in [3.05, 3.63) is 51.7 Å². The number of rotatable bonds is 3. The number of hydrogen-bond donors (Lipinski definition) is 3. The number of carbonyl (C=O) groups is 1. The summed E-state index contributed by atoms with van der Waals surface area (Å²) in [5, 5.41) is 8.06. The largest absolute Gasteiger partial charge is 0.417 e. The molecule has 112 valence electrons. The van der Waals surface area contributed by atoms with Crippen molar-refractivity contribution in [2.45, 2.75) is 19.1 Å². The van der Waals surface area contributed by atoms with Crippen LogP contribution in [0.1, 0.15) is 34.7 Å². The van der Waals surface area contributed by atoms with E-state index in [2.05, 4.69) is 20.5 Å². The summed E-state index contributed by atoms with van der Waals surface area (Å²) in [5.74, 6) is -0.780. The standard InChI is InChI=1S/C12H11F3N4O2/c1-6(9-17-11(21)19-18-9)16-10(20)7-4-2-3-5-8(7)12(13,14)15/h2-6H,1H3,(H,16,20)(H2,17,18,19,21)/t6-/m1/s1. The Bertz CT molecular complexity index is 705. The molecule has 1 amide bonds. The predicted octanol–water partition coefficient (Wildman–Crippen LogP) is 1.61. The van der Waals surface area contributed by atoms with E-state index in [4.69, 9.17) is 0 Å². The van der Waals surface area contributed by atoms with Crippen LogP contribution in [0.4, 0.5) is 13.2 Å². The highest BCUT2D eigenvalue weighted by Crippen LogP contribution is 2.31. The fraction of sp³-hybridized carbons (Fsp3) is 0.250. The molecule has 0 aliphatic rings. The first-order valence-corrected chi connectivity index (χ1v) is 5.90. The molecule has 9 heteroatoms. The van der Waals surface area contributed by atoms with Crippen LogP contribution >= 0.6 is 0 Å². The van der Waals surface area contributed by atoms with Gasteiger partial charge in [-0.1, -0.05) is 12.1 Å². The topological polar surface area (TPSA) is 90.6 Å². The zero-order valence-corrected chi connectivity index (χ0v) is 10.8. The van der Waals surface area contributed by atoms with Crippen molar-refractivity contribution in [3.8, 4) is 0 Å². The second kappa shape index (κ2) is 5.43. The Kier molecular flexibility index (Phi) is 3.83. The van der Waals surface area contributed by atoms with Gasteiger partial charge in [-0.05, 0) is 19.1 Å². The van der Waals surface area contributed by atoms with Gasteiger partial charge in [0.25, 0.3) is 5.91 Å². The summed E-state index contributed by atoms with van der Waals surface area (Å²) >= 11 is 0. The second-order valence-corrected chi connectivity index (χ2v) is 4.30. The molecule has 0 fully saturated rings. The number of aromatic amines is 2. The number of alkyl halides is 3. The van der Waals surface area contributed by atoms with Gasteiger partial charge < -0.3 is 5.32 Å². The highest BCUT2D eigenvalue weighted by Gasteiger charge is 2.35. The van der Waals surface area contributed by atoms with Gasteiger partial charge in [0.15, 0.2) is 5.82 Å². The Balaban J connectivity index is 2.23. The number of amides is 1. The van der Waals surface area contributed by atoms with E-state index in [9.17, 15) is 22.8 Å². The van der Waals surface area contributed by atoms with E-state index in [0.717, 1.165) is 12.1 Å². The highest BCUT2D eigenvalue weighted by molar-refractivity contribution is 5.96. The van der Waals surface area contributed by atoms with Crippen molar-refractivity contribution in [2.75, 3.05) is 0 Å². The van der Waals surface area contributed by atoms with Crippen molar-refractivity contribution >= 4 is 5.91 Å². The molecule has 0 aliphatic carbocycles. The average Bonchev–Trinajstić information content (AvgIpc) is 2.84. The lowest BCUT2D eigenvalue weighted by Crippen LogP contribution is -2.29. The van der Waals surface area contributed by atoms with Crippen LogP contribution in [0.5, 0.6) is 0 Å². The summed E-state index contributed by atoms with van der Waals surface area (Å²) in [6, 6.07) is 3.70. The van der Waals surface area contributed by atoms with Crippen LogP contribution in [0.2, 0.25) is 0 Å². The molecule has 1 heterocycles. The Morgan fingerprint density at radius 1 is 1.33 bits per heavy atom. The molecule has 0 saturated carbocycles. The van der Waals surface area contributed by atoms with E-state index in [1.54, 1.807) is 0 Å². The molecule has 0 saturated heterocycles. The third kappa shape index (κ3) is 3.30. The number of carbonyl (C=O) groups excluding carboxylic acids is 1. The highest BCUT2D eigenvalue weighted by atomic mass is 19.4. The summed E-state index contributed by atoms with van der Waals surface area (Å²) in [7, 11) is 0. The molecule has 1 atom stereocenters. The number of nitrogens with zero attached hydrogens (tertiary/aromatic N) is 1. The first-order valence-electron chi connectivity index (χ1n) is 5.90. The maximum atomic E-state index is 12.8. The number of aromatic nitrogens is 3. The molecular weight excluding hydrogens is 289 g/mol. The molecule has 1 aromatic carbocycles. The van der Waals surface area contributed by atoms with Crippen LogP contribution in [0.15, 0.2) is 29.1 Å². The molecule has 6 nitrogen and oxygen atoms in total. The molecule has 21 heavy (non-hydrogen) atoms. The fourth-order valence-electron chi connectivity index (χ4n) is 1.76. The van der Waals surface area contributed by atoms with Gasteiger partial charge in [0.1, 0.15) is 0 Å². The smallest absolute Gasteiger partial charge is 0.342 e. The average molecular weight is 300 g/mol. The fourth-order valence-corrected chi connectivity index (χ4v) is 1.76. The molecule has 0 bridgehead atoms. The third-order valence-corrected chi connectivity index (χ3v) is 2.75. The second-order valence-electron chi connectivity index (χ2n) is 4.30. The van der Waals surface area contributed by atoms with Gasteiger partial charge in [-0.15, -0.1) is 0 Å². The zero-order valence-electron chi connectivity index (χ0n) is 10.8. The van der Waals surface area contributed by atoms with Crippen molar-refractivity contribution in [3.63, 3.8) is 0 Å². The Labute approximate surface area is 116 Å². The zero-order chi connectivity index (χ0) is 15.6. The van der Waals surface area contributed by atoms with E-state index < -0.39 is 34.9 Å². The van der Waals surface area contributed by atoms with Gasteiger partial charge in [0.2, 0.25) is 0 Å². The third-order valence-electron chi connectivity index (χ3n) is 2.75. The molecule has 1 aromatic heterocycles. The summed E-state index contributed by atoms with van der Waals surface area (Å²) in [6.07, 6.45) is -4.63. The Hall–Kier alpha value is -2.58.